The zero-order chi connectivity index (χ0) is 16.4. The summed E-state index contributed by atoms with van der Waals surface area (Å²) in [6.45, 7) is 4.46. The average Bonchev–Trinajstić information content (AvgIpc) is 3.12. The first kappa shape index (κ1) is 15.4. The molecule has 0 aromatic heterocycles. The summed E-state index contributed by atoms with van der Waals surface area (Å²) in [5.41, 5.74) is 4.99. The number of fused-ring (bicyclic) bond motifs is 1. The molecule has 1 amide bonds. The Morgan fingerprint density at radius 3 is 2.74 bits per heavy atom. The predicted molar refractivity (Wildman–Crippen MR) is 91.2 cm³/mol. The lowest BCUT2D eigenvalue weighted by molar-refractivity contribution is -0.115. The van der Waals surface area contributed by atoms with Gasteiger partial charge in [0, 0.05) is 30.2 Å². The molecule has 0 atom stereocenters. The van der Waals surface area contributed by atoms with E-state index in [0.29, 0.717) is 30.7 Å². The summed E-state index contributed by atoms with van der Waals surface area (Å²) in [6, 6.07) is 7.86. The van der Waals surface area contributed by atoms with Crippen LogP contribution in [0.5, 0.6) is 0 Å². The fourth-order valence-corrected chi connectivity index (χ4v) is 3.02. The lowest BCUT2D eigenvalue weighted by Crippen LogP contribution is -2.25. The number of nitrogens with one attached hydrogen (secondary N) is 1. The van der Waals surface area contributed by atoms with Crippen LogP contribution in [0.3, 0.4) is 0 Å². The second-order valence-corrected chi connectivity index (χ2v) is 5.98. The molecule has 1 aromatic rings. The Bertz CT molecular complexity index is 769. The maximum Gasteiger partial charge on any atom is 0.257 e. The van der Waals surface area contributed by atoms with E-state index in [2.05, 4.69) is 10.3 Å². The molecule has 23 heavy (non-hydrogen) atoms. The molecular formula is C19H20N2O2. The number of hydrogen-bond acceptors (Lipinski definition) is 3. The summed E-state index contributed by atoms with van der Waals surface area (Å²) in [4.78, 5) is 29.1. The molecule has 1 aliphatic heterocycles. The van der Waals surface area contributed by atoms with Gasteiger partial charge in [0.05, 0.1) is 17.8 Å². The quantitative estimate of drug-likeness (QED) is 0.909. The minimum absolute atomic E-state index is 0.116. The number of Topliss-reactive ketones (excluding diaryl/α,β-unsaturated/α-hetero) is 1. The highest BCUT2D eigenvalue weighted by molar-refractivity contribution is 6.18. The van der Waals surface area contributed by atoms with Crippen LogP contribution in [0.25, 0.3) is 5.70 Å². The number of nitrogens with zero attached hydrogens (tertiary/aromatic N) is 1. The molecule has 0 spiro atoms. The van der Waals surface area contributed by atoms with E-state index in [4.69, 9.17) is 0 Å². The first-order valence-electron chi connectivity index (χ1n) is 7.97. The van der Waals surface area contributed by atoms with Gasteiger partial charge in [-0.15, -0.1) is 0 Å². The standard InChI is InChI=1S/C19H20N2O2/c1-3-6-17(22)15-9-13-7-4-5-8-14(13)18(15)21-19(23)16-11-20-10-12(16)2/h4-5,7-8,11H,3,6,9-10H2,1-2H3,(H,21,23). The highest BCUT2D eigenvalue weighted by Crippen LogP contribution is 2.32. The van der Waals surface area contributed by atoms with Crippen LogP contribution in [0.1, 0.15) is 37.8 Å². The van der Waals surface area contributed by atoms with Crippen molar-refractivity contribution in [1.29, 1.82) is 0 Å². The van der Waals surface area contributed by atoms with Gasteiger partial charge in [-0.2, -0.15) is 0 Å². The first-order chi connectivity index (χ1) is 11.1. The Morgan fingerprint density at radius 1 is 1.26 bits per heavy atom. The van der Waals surface area contributed by atoms with E-state index in [9.17, 15) is 9.59 Å². The van der Waals surface area contributed by atoms with Gasteiger partial charge in [0.15, 0.2) is 5.78 Å². The summed E-state index contributed by atoms with van der Waals surface area (Å²) in [7, 11) is 0. The van der Waals surface area contributed by atoms with Crippen molar-refractivity contribution in [3.63, 3.8) is 0 Å². The Morgan fingerprint density at radius 2 is 2.04 bits per heavy atom. The molecule has 3 rings (SSSR count). The molecule has 2 aliphatic rings. The summed E-state index contributed by atoms with van der Waals surface area (Å²) in [5, 5.41) is 2.97. The largest absolute Gasteiger partial charge is 0.321 e. The maximum absolute atomic E-state index is 12.5. The van der Waals surface area contributed by atoms with Crippen LogP contribution in [0.4, 0.5) is 0 Å². The molecule has 0 unspecified atom stereocenters. The van der Waals surface area contributed by atoms with Gasteiger partial charge in [-0.3, -0.25) is 14.6 Å². The normalized spacial score (nSPS) is 16.1. The molecule has 118 valence electrons. The van der Waals surface area contributed by atoms with E-state index in [1.165, 1.54) is 0 Å². The van der Waals surface area contributed by atoms with Crippen molar-refractivity contribution in [3.8, 4) is 0 Å². The zero-order valence-electron chi connectivity index (χ0n) is 13.5. The molecule has 1 aromatic carbocycles. The lowest BCUT2D eigenvalue weighted by atomic mass is 10.0. The number of benzene rings is 1. The second-order valence-electron chi connectivity index (χ2n) is 5.98. The molecular weight excluding hydrogens is 288 g/mol. The third kappa shape index (κ3) is 2.89. The van der Waals surface area contributed by atoms with E-state index in [0.717, 1.165) is 28.7 Å². The van der Waals surface area contributed by atoms with E-state index >= 15 is 0 Å². The van der Waals surface area contributed by atoms with E-state index in [1.54, 1.807) is 6.21 Å². The molecule has 4 heteroatoms. The van der Waals surface area contributed by atoms with Crippen LogP contribution < -0.4 is 5.32 Å². The summed E-state index contributed by atoms with van der Waals surface area (Å²) >= 11 is 0. The zero-order valence-corrected chi connectivity index (χ0v) is 13.5. The predicted octanol–water partition coefficient (Wildman–Crippen LogP) is 2.84. The number of amides is 1. The molecule has 1 heterocycles. The number of allylic oxidation sites excluding steroid dienone is 1. The molecule has 0 saturated heterocycles. The number of carbonyl (C=O) groups excluding carboxylic acids is 2. The molecule has 1 N–H and O–H groups in total. The van der Waals surface area contributed by atoms with Crippen molar-refractivity contribution >= 4 is 23.6 Å². The van der Waals surface area contributed by atoms with Gasteiger partial charge in [0.2, 0.25) is 0 Å². The number of carbonyl (C=O) groups is 2. The average molecular weight is 308 g/mol. The Balaban J connectivity index is 1.95. The summed E-state index contributed by atoms with van der Waals surface area (Å²) in [5.74, 6) is -0.0676. The van der Waals surface area contributed by atoms with Gasteiger partial charge in [0.25, 0.3) is 5.91 Å². The van der Waals surface area contributed by atoms with Crippen LogP contribution in [-0.4, -0.2) is 24.4 Å². The van der Waals surface area contributed by atoms with Gasteiger partial charge < -0.3 is 5.32 Å². The Hall–Kier alpha value is -2.49. The van der Waals surface area contributed by atoms with Crippen LogP contribution in [0, 0.1) is 0 Å². The molecule has 4 nitrogen and oxygen atoms in total. The molecule has 1 aliphatic carbocycles. The van der Waals surface area contributed by atoms with Crippen LogP contribution in [0.2, 0.25) is 0 Å². The lowest BCUT2D eigenvalue weighted by Gasteiger charge is -2.11. The van der Waals surface area contributed by atoms with Crippen molar-refractivity contribution < 1.29 is 9.59 Å². The summed E-state index contributed by atoms with van der Waals surface area (Å²) in [6.07, 6.45) is 3.51. The van der Waals surface area contributed by atoms with Crippen molar-refractivity contribution in [2.45, 2.75) is 33.1 Å². The Kier molecular flexibility index (Phi) is 4.24. The second kappa shape index (κ2) is 6.32. The highest BCUT2D eigenvalue weighted by Gasteiger charge is 2.27. The third-order valence-corrected chi connectivity index (χ3v) is 4.26. The number of rotatable bonds is 5. The maximum atomic E-state index is 12.5. The van der Waals surface area contributed by atoms with E-state index in [-0.39, 0.29) is 11.7 Å². The monoisotopic (exact) mass is 308 g/mol. The molecule has 0 saturated carbocycles. The minimum atomic E-state index is -0.183. The van der Waals surface area contributed by atoms with Gasteiger partial charge in [0.1, 0.15) is 0 Å². The topological polar surface area (TPSA) is 58.5 Å². The smallest absolute Gasteiger partial charge is 0.257 e. The van der Waals surface area contributed by atoms with Crippen molar-refractivity contribution in [1.82, 2.24) is 5.32 Å². The molecule has 0 fully saturated rings. The molecule has 0 bridgehead atoms. The fraction of sp³-hybridized carbons (Fsp3) is 0.316. The number of aliphatic imine (C=N–C) groups is 1. The third-order valence-electron chi connectivity index (χ3n) is 4.26. The number of ketones is 1. The SMILES string of the molecule is CCCC(=O)C1=C(NC(=O)C2=C(C)CN=C2)c2ccccc2C1. The Labute approximate surface area is 136 Å². The van der Waals surface area contributed by atoms with E-state index in [1.807, 2.05) is 38.1 Å². The van der Waals surface area contributed by atoms with Crippen LogP contribution >= 0.6 is 0 Å². The van der Waals surface area contributed by atoms with Crippen molar-refractivity contribution in [2.24, 2.45) is 4.99 Å². The summed E-state index contributed by atoms with van der Waals surface area (Å²) < 4.78 is 0. The van der Waals surface area contributed by atoms with E-state index < -0.39 is 0 Å². The van der Waals surface area contributed by atoms with Crippen molar-refractivity contribution in [2.75, 3.05) is 6.54 Å². The van der Waals surface area contributed by atoms with Crippen LogP contribution in [-0.2, 0) is 16.0 Å². The van der Waals surface area contributed by atoms with Gasteiger partial charge >= 0.3 is 0 Å². The van der Waals surface area contributed by atoms with Crippen LogP contribution in [0.15, 0.2) is 46.0 Å². The van der Waals surface area contributed by atoms with Gasteiger partial charge in [-0.05, 0) is 24.5 Å². The highest BCUT2D eigenvalue weighted by atomic mass is 16.2. The van der Waals surface area contributed by atoms with Gasteiger partial charge in [-0.25, -0.2) is 0 Å². The fourth-order valence-electron chi connectivity index (χ4n) is 3.02. The van der Waals surface area contributed by atoms with Crippen molar-refractivity contribution in [3.05, 3.63) is 52.1 Å². The van der Waals surface area contributed by atoms with Gasteiger partial charge in [-0.1, -0.05) is 31.2 Å². The first-order valence-corrected chi connectivity index (χ1v) is 7.97. The minimum Gasteiger partial charge on any atom is -0.321 e. The number of hydrogen-bond donors (Lipinski definition) is 1. The molecule has 0 radical (unpaired) electrons.